The third-order valence-electron chi connectivity index (χ3n) is 3.41. The number of amides is 1. The topological polar surface area (TPSA) is 73.9 Å². The lowest BCUT2D eigenvalue weighted by atomic mass is 10.2. The van der Waals surface area contributed by atoms with Gasteiger partial charge in [-0.15, -0.1) is 0 Å². The Morgan fingerprint density at radius 3 is 2.44 bits per heavy atom. The van der Waals surface area contributed by atoms with Crippen molar-refractivity contribution < 1.29 is 28.2 Å². The summed E-state index contributed by atoms with van der Waals surface area (Å²) in [5.74, 6) is -1.20. The Bertz CT molecular complexity index is 778. The lowest BCUT2D eigenvalue weighted by molar-refractivity contribution is -0.123. The maximum absolute atomic E-state index is 13.6. The molecule has 0 aliphatic heterocycles. The average molecular weight is 347 g/mol. The zero-order chi connectivity index (χ0) is 18.4. The predicted molar refractivity (Wildman–Crippen MR) is 89.5 cm³/mol. The molecule has 2 aromatic rings. The number of ether oxygens (including phenoxy) is 3. The molecular formula is C18H18FNO5. The first-order valence-corrected chi connectivity index (χ1v) is 7.44. The summed E-state index contributed by atoms with van der Waals surface area (Å²) in [6.07, 6.45) is -1.13. The molecule has 1 N–H and O–H groups in total. The molecule has 0 aliphatic rings. The first-order valence-electron chi connectivity index (χ1n) is 7.44. The molecule has 7 heteroatoms. The van der Waals surface area contributed by atoms with Crippen molar-refractivity contribution in [2.24, 2.45) is 0 Å². The van der Waals surface area contributed by atoms with Crippen LogP contribution in [0.25, 0.3) is 0 Å². The lowest BCUT2D eigenvalue weighted by Gasteiger charge is -2.15. The van der Waals surface area contributed by atoms with E-state index >= 15 is 0 Å². The predicted octanol–water partition coefficient (Wildman–Crippen LogP) is 3.03. The molecule has 0 aromatic heterocycles. The van der Waals surface area contributed by atoms with E-state index in [1.54, 1.807) is 12.1 Å². The molecule has 0 saturated heterocycles. The summed E-state index contributed by atoms with van der Waals surface area (Å²) in [5, 5.41) is 2.37. The van der Waals surface area contributed by atoms with Gasteiger partial charge in [0.25, 0.3) is 5.91 Å². The smallest absolute Gasteiger partial charge is 0.342 e. The molecule has 0 fully saturated rings. The minimum absolute atomic E-state index is 0.0115. The van der Waals surface area contributed by atoms with Crippen LogP contribution in [0.1, 0.15) is 17.3 Å². The van der Waals surface area contributed by atoms with Crippen LogP contribution in [0.3, 0.4) is 0 Å². The Balaban J connectivity index is 2.07. The molecular weight excluding hydrogens is 329 g/mol. The fourth-order valence-corrected chi connectivity index (χ4v) is 2.04. The van der Waals surface area contributed by atoms with Gasteiger partial charge in [-0.3, -0.25) is 4.79 Å². The molecule has 132 valence electrons. The van der Waals surface area contributed by atoms with Gasteiger partial charge in [0, 0.05) is 6.07 Å². The second-order valence-corrected chi connectivity index (χ2v) is 5.08. The van der Waals surface area contributed by atoms with Gasteiger partial charge in [-0.2, -0.15) is 0 Å². The molecule has 1 amide bonds. The molecule has 6 nitrogen and oxygen atoms in total. The lowest BCUT2D eigenvalue weighted by Crippen LogP contribution is -2.30. The summed E-state index contributed by atoms with van der Waals surface area (Å²) in [6.45, 7) is 1.39. The largest absolute Gasteiger partial charge is 0.497 e. The number of benzene rings is 2. The second-order valence-electron chi connectivity index (χ2n) is 5.08. The molecule has 1 atom stereocenters. The van der Waals surface area contributed by atoms with Gasteiger partial charge in [0.05, 0.1) is 19.9 Å². The zero-order valence-electron chi connectivity index (χ0n) is 14.0. The van der Waals surface area contributed by atoms with E-state index in [4.69, 9.17) is 14.2 Å². The van der Waals surface area contributed by atoms with Crippen molar-refractivity contribution in [3.05, 3.63) is 53.8 Å². The van der Waals surface area contributed by atoms with Crippen LogP contribution in [0.4, 0.5) is 10.1 Å². The molecule has 0 heterocycles. The van der Waals surface area contributed by atoms with E-state index in [2.05, 4.69) is 5.32 Å². The van der Waals surface area contributed by atoms with Gasteiger partial charge in [-0.25, -0.2) is 9.18 Å². The van der Waals surface area contributed by atoms with E-state index in [1.807, 2.05) is 0 Å². The summed E-state index contributed by atoms with van der Waals surface area (Å²) in [5.41, 5.74) is 0.159. The Kier molecular flexibility index (Phi) is 5.94. The molecule has 0 aliphatic carbocycles. The molecule has 0 saturated carbocycles. The van der Waals surface area contributed by atoms with Crippen molar-refractivity contribution in [2.75, 3.05) is 19.5 Å². The van der Waals surface area contributed by atoms with E-state index in [0.29, 0.717) is 5.75 Å². The van der Waals surface area contributed by atoms with Crippen LogP contribution in [0.5, 0.6) is 11.5 Å². The van der Waals surface area contributed by atoms with Gasteiger partial charge in [-0.1, -0.05) is 12.1 Å². The van der Waals surface area contributed by atoms with Crippen molar-refractivity contribution in [3.8, 4) is 11.5 Å². The highest BCUT2D eigenvalue weighted by molar-refractivity contribution is 5.98. The van der Waals surface area contributed by atoms with Crippen molar-refractivity contribution in [1.29, 1.82) is 0 Å². The Hall–Kier alpha value is -3.09. The molecule has 0 unspecified atom stereocenters. The minimum Gasteiger partial charge on any atom is -0.497 e. The third-order valence-corrected chi connectivity index (χ3v) is 3.41. The van der Waals surface area contributed by atoms with Crippen molar-refractivity contribution >= 4 is 17.6 Å². The first kappa shape index (κ1) is 18.3. The second kappa shape index (κ2) is 8.14. The number of carbonyl (C=O) groups excluding carboxylic acids is 2. The standard InChI is InChI=1S/C18H18FNO5/c1-11(17(21)20-15-7-5-4-6-14(15)19)25-18(22)13-9-8-12(23-2)10-16(13)24-3/h4-11H,1-3H3,(H,20,21)/t11-/m0/s1. The SMILES string of the molecule is COc1ccc(C(=O)O[C@@H](C)C(=O)Nc2ccccc2F)c(OC)c1. The normalized spacial score (nSPS) is 11.4. The van der Waals surface area contributed by atoms with Gasteiger partial charge in [0.1, 0.15) is 22.9 Å². The summed E-state index contributed by atoms with van der Waals surface area (Å²) in [7, 11) is 2.89. The van der Waals surface area contributed by atoms with Crippen LogP contribution in [0, 0.1) is 5.82 Å². The number of rotatable bonds is 6. The molecule has 0 spiro atoms. The fraction of sp³-hybridized carbons (Fsp3) is 0.222. The Morgan fingerprint density at radius 1 is 1.08 bits per heavy atom. The van der Waals surface area contributed by atoms with Gasteiger partial charge in [0.15, 0.2) is 6.10 Å². The van der Waals surface area contributed by atoms with Crippen LogP contribution in [0.15, 0.2) is 42.5 Å². The van der Waals surface area contributed by atoms with E-state index in [-0.39, 0.29) is 17.0 Å². The van der Waals surface area contributed by atoms with Gasteiger partial charge < -0.3 is 19.5 Å². The summed E-state index contributed by atoms with van der Waals surface area (Å²) in [4.78, 5) is 24.3. The Labute approximate surface area is 144 Å². The summed E-state index contributed by atoms with van der Waals surface area (Å²) < 4.78 is 28.9. The highest BCUT2D eigenvalue weighted by Crippen LogP contribution is 2.25. The molecule has 2 aromatic carbocycles. The van der Waals surface area contributed by atoms with Crippen molar-refractivity contribution in [1.82, 2.24) is 0 Å². The van der Waals surface area contributed by atoms with Gasteiger partial charge >= 0.3 is 5.97 Å². The Morgan fingerprint density at radius 2 is 1.80 bits per heavy atom. The van der Waals surface area contributed by atoms with Gasteiger partial charge in [-0.05, 0) is 31.2 Å². The number of hydrogen-bond donors (Lipinski definition) is 1. The highest BCUT2D eigenvalue weighted by Gasteiger charge is 2.22. The van der Waals surface area contributed by atoms with E-state index in [0.717, 1.165) is 0 Å². The third kappa shape index (κ3) is 4.47. The fourth-order valence-electron chi connectivity index (χ4n) is 2.04. The molecule has 0 radical (unpaired) electrons. The number of para-hydroxylation sites is 1. The van der Waals surface area contributed by atoms with Crippen LogP contribution in [-0.4, -0.2) is 32.2 Å². The number of halogens is 1. The minimum atomic E-state index is -1.13. The van der Waals surface area contributed by atoms with E-state index < -0.39 is 23.8 Å². The van der Waals surface area contributed by atoms with E-state index in [9.17, 15) is 14.0 Å². The summed E-state index contributed by atoms with van der Waals surface area (Å²) in [6, 6.07) is 10.3. The van der Waals surface area contributed by atoms with Crippen LogP contribution < -0.4 is 14.8 Å². The summed E-state index contributed by atoms with van der Waals surface area (Å²) >= 11 is 0. The number of methoxy groups -OCH3 is 2. The highest BCUT2D eigenvalue weighted by atomic mass is 19.1. The number of anilines is 1. The quantitative estimate of drug-likeness (QED) is 0.813. The molecule has 25 heavy (non-hydrogen) atoms. The number of hydrogen-bond acceptors (Lipinski definition) is 5. The zero-order valence-corrected chi connectivity index (χ0v) is 14.0. The number of esters is 1. The van der Waals surface area contributed by atoms with Crippen molar-refractivity contribution in [2.45, 2.75) is 13.0 Å². The number of carbonyl (C=O) groups is 2. The number of nitrogens with one attached hydrogen (secondary N) is 1. The van der Waals surface area contributed by atoms with E-state index in [1.165, 1.54) is 51.5 Å². The maximum atomic E-state index is 13.6. The van der Waals surface area contributed by atoms with Crippen LogP contribution in [-0.2, 0) is 9.53 Å². The average Bonchev–Trinajstić information content (AvgIpc) is 2.62. The monoisotopic (exact) mass is 347 g/mol. The molecule has 2 rings (SSSR count). The maximum Gasteiger partial charge on any atom is 0.342 e. The first-order chi connectivity index (χ1) is 12.0. The van der Waals surface area contributed by atoms with Crippen LogP contribution in [0.2, 0.25) is 0 Å². The van der Waals surface area contributed by atoms with Crippen molar-refractivity contribution in [3.63, 3.8) is 0 Å². The van der Waals surface area contributed by atoms with Crippen LogP contribution >= 0.6 is 0 Å². The van der Waals surface area contributed by atoms with Gasteiger partial charge in [0.2, 0.25) is 0 Å². The molecule has 0 bridgehead atoms.